The van der Waals surface area contributed by atoms with Crippen LogP contribution in [0, 0.1) is 10.5 Å². The quantitative estimate of drug-likeness (QED) is 0.662. The van der Waals surface area contributed by atoms with Crippen molar-refractivity contribution in [3.8, 4) is 0 Å². The Morgan fingerprint density at radius 1 is 1.55 bits per heavy atom. The molecule has 0 bridgehead atoms. The summed E-state index contributed by atoms with van der Waals surface area (Å²) in [5.74, 6) is 0. The molecule has 0 radical (unpaired) electrons. The lowest BCUT2D eigenvalue weighted by atomic mass is 10.5. The third kappa shape index (κ3) is 1.24. The maximum atomic E-state index is 4.33. The van der Waals surface area contributed by atoms with E-state index in [1.54, 1.807) is 0 Å². The van der Waals surface area contributed by atoms with E-state index < -0.39 is 0 Å². The Kier molecular flexibility index (Phi) is 1.60. The van der Waals surface area contributed by atoms with Gasteiger partial charge in [0.2, 0.25) is 0 Å². The lowest BCUT2D eigenvalue weighted by Crippen LogP contribution is -1.81. The van der Waals surface area contributed by atoms with Gasteiger partial charge < -0.3 is 4.40 Å². The number of rotatable bonds is 0. The summed E-state index contributed by atoms with van der Waals surface area (Å²) < 4.78 is 3.25. The molecule has 56 valence electrons. The van der Waals surface area contributed by atoms with E-state index in [2.05, 4.69) is 39.7 Å². The molecule has 0 aliphatic heterocycles. The molecule has 0 aliphatic rings. The molecule has 0 fully saturated rings. The van der Waals surface area contributed by atoms with Crippen LogP contribution in [0.25, 0.3) is 5.65 Å². The van der Waals surface area contributed by atoms with Gasteiger partial charge in [0.1, 0.15) is 5.65 Å². The fourth-order valence-corrected chi connectivity index (χ4v) is 1.52. The van der Waals surface area contributed by atoms with Crippen LogP contribution in [0.3, 0.4) is 0 Å². The number of nitrogens with zero attached hydrogens (tertiary/aromatic N) is 2. The molecule has 0 saturated heterocycles. The van der Waals surface area contributed by atoms with E-state index in [0.717, 1.165) is 11.3 Å². The van der Waals surface area contributed by atoms with E-state index in [0.29, 0.717) is 0 Å². The third-order valence-corrected chi connectivity index (χ3v) is 2.21. The fraction of sp³-hybridized carbons (Fsp3) is 0.125. The minimum Gasteiger partial charge on any atom is -0.307 e. The second-order valence-corrected chi connectivity index (χ2v) is 3.74. The minimum atomic E-state index is 1.02. The van der Waals surface area contributed by atoms with Gasteiger partial charge in [0.05, 0.1) is 5.69 Å². The molecule has 11 heavy (non-hydrogen) atoms. The highest BCUT2D eigenvalue weighted by Crippen LogP contribution is 2.09. The number of halogens is 1. The zero-order valence-electron chi connectivity index (χ0n) is 6.08. The van der Waals surface area contributed by atoms with Crippen LogP contribution in [0.15, 0.2) is 24.5 Å². The molecule has 2 nitrogen and oxygen atoms in total. The van der Waals surface area contributed by atoms with Crippen LogP contribution in [0.2, 0.25) is 0 Å². The van der Waals surface area contributed by atoms with E-state index in [1.165, 1.54) is 3.57 Å². The number of hydrogen-bond acceptors (Lipinski definition) is 1. The minimum absolute atomic E-state index is 1.02. The predicted molar refractivity (Wildman–Crippen MR) is 52.6 cm³/mol. The second-order valence-electron chi connectivity index (χ2n) is 2.49. The first kappa shape index (κ1) is 7.09. The zero-order chi connectivity index (χ0) is 7.84. The standard InChI is InChI=1S/C8H7IN2/c1-6-5-11-3-2-7(9)4-8(11)10-6/h2-5H,1H3. The number of aryl methyl sites for hydroxylation is 1. The summed E-state index contributed by atoms with van der Waals surface area (Å²) in [6.45, 7) is 2.00. The van der Waals surface area contributed by atoms with Crippen molar-refractivity contribution >= 4 is 28.2 Å². The SMILES string of the molecule is Cc1cn2ccc(I)cc2n1. The van der Waals surface area contributed by atoms with E-state index in [1.807, 2.05) is 23.7 Å². The molecule has 3 heteroatoms. The molecule has 2 aromatic heterocycles. The van der Waals surface area contributed by atoms with Gasteiger partial charge in [0, 0.05) is 16.0 Å². The normalized spacial score (nSPS) is 10.7. The van der Waals surface area contributed by atoms with Crippen LogP contribution >= 0.6 is 22.6 Å². The number of hydrogen-bond donors (Lipinski definition) is 0. The summed E-state index contributed by atoms with van der Waals surface area (Å²) >= 11 is 2.28. The highest BCUT2D eigenvalue weighted by atomic mass is 127. The molecule has 0 spiro atoms. The zero-order valence-corrected chi connectivity index (χ0v) is 8.24. The molecule has 0 unspecified atom stereocenters. The van der Waals surface area contributed by atoms with Gasteiger partial charge in [0.15, 0.2) is 0 Å². The molecular formula is C8H7IN2. The van der Waals surface area contributed by atoms with Gasteiger partial charge in [-0.05, 0) is 41.6 Å². The van der Waals surface area contributed by atoms with E-state index in [9.17, 15) is 0 Å². The number of fused-ring (bicyclic) bond motifs is 1. The van der Waals surface area contributed by atoms with Gasteiger partial charge in [0.25, 0.3) is 0 Å². The molecule has 0 N–H and O–H groups in total. The highest BCUT2D eigenvalue weighted by Gasteiger charge is 1.95. The Morgan fingerprint density at radius 2 is 2.36 bits per heavy atom. The summed E-state index contributed by atoms with van der Waals surface area (Å²) in [5, 5.41) is 0. The van der Waals surface area contributed by atoms with E-state index >= 15 is 0 Å². The highest BCUT2D eigenvalue weighted by molar-refractivity contribution is 14.1. The van der Waals surface area contributed by atoms with Gasteiger partial charge in [-0.25, -0.2) is 4.98 Å². The average Bonchev–Trinajstić information content (AvgIpc) is 2.27. The van der Waals surface area contributed by atoms with Crippen molar-refractivity contribution in [3.63, 3.8) is 0 Å². The first-order chi connectivity index (χ1) is 5.25. The topological polar surface area (TPSA) is 17.3 Å². The number of aromatic nitrogens is 2. The molecule has 0 aliphatic carbocycles. The molecule has 2 aromatic rings. The van der Waals surface area contributed by atoms with E-state index in [4.69, 9.17) is 0 Å². The van der Waals surface area contributed by atoms with E-state index in [-0.39, 0.29) is 0 Å². The Balaban J connectivity index is 2.82. The van der Waals surface area contributed by atoms with Crippen molar-refractivity contribution < 1.29 is 0 Å². The average molecular weight is 258 g/mol. The number of imidazole rings is 1. The number of pyridine rings is 1. The third-order valence-electron chi connectivity index (χ3n) is 1.54. The van der Waals surface area contributed by atoms with Gasteiger partial charge in [-0.15, -0.1) is 0 Å². The molecule has 0 amide bonds. The first-order valence-electron chi connectivity index (χ1n) is 3.36. The van der Waals surface area contributed by atoms with Gasteiger partial charge >= 0.3 is 0 Å². The fourth-order valence-electron chi connectivity index (χ4n) is 1.08. The predicted octanol–water partition coefficient (Wildman–Crippen LogP) is 2.25. The van der Waals surface area contributed by atoms with Gasteiger partial charge in [-0.1, -0.05) is 0 Å². The molecule has 0 saturated carbocycles. The van der Waals surface area contributed by atoms with Crippen LogP contribution in [-0.2, 0) is 0 Å². The maximum Gasteiger partial charge on any atom is 0.138 e. The van der Waals surface area contributed by atoms with Crippen LogP contribution in [0.4, 0.5) is 0 Å². The molecular weight excluding hydrogens is 251 g/mol. The molecule has 2 rings (SSSR count). The van der Waals surface area contributed by atoms with Crippen molar-refractivity contribution in [2.75, 3.05) is 0 Å². The van der Waals surface area contributed by atoms with Gasteiger partial charge in [-0.3, -0.25) is 0 Å². The molecule has 0 atom stereocenters. The van der Waals surface area contributed by atoms with Crippen LogP contribution in [-0.4, -0.2) is 9.38 Å². The lowest BCUT2D eigenvalue weighted by Gasteiger charge is -1.91. The largest absolute Gasteiger partial charge is 0.307 e. The Hall–Kier alpha value is -0.580. The second kappa shape index (κ2) is 2.48. The van der Waals surface area contributed by atoms with Crippen LogP contribution < -0.4 is 0 Å². The lowest BCUT2D eigenvalue weighted by molar-refractivity contribution is 1.18. The Morgan fingerprint density at radius 3 is 3.18 bits per heavy atom. The van der Waals surface area contributed by atoms with Crippen LogP contribution in [0.1, 0.15) is 5.69 Å². The molecule has 0 aromatic carbocycles. The first-order valence-corrected chi connectivity index (χ1v) is 4.44. The monoisotopic (exact) mass is 258 g/mol. The Labute approximate surface area is 78.4 Å². The smallest absolute Gasteiger partial charge is 0.138 e. The van der Waals surface area contributed by atoms with Crippen LogP contribution in [0.5, 0.6) is 0 Å². The van der Waals surface area contributed by atoms with Crippen molar-refractivity contribution in [3.05, 3.63) is 33.8 Å². The van der Waals surface area contributed by atoms with Crippen molar-refractivity contribution in [2.24, 2.45) is 0 Å². The van der Waals surface area contributed by atoms with Crippen molar-refractivity contribution in [1.82, 2.24) is 9.38 Å². The maximum absolute atomic E-state index is 4.33. The summed E-state index contributed by atoms with van der Waals surface area (Å²) in [4.78, 5) is 4.33. The van der Waals surface area contributed by atoms with Gasteiger partial charge in [-0.2, -0.15) is 0 Å². The summed E-state index contributed by atoms with van der Waals surface area (Å²) in [6.07, 6.45) is 4.04. The summed E-state index contributed by atoms with van der Waals surface area (Å²) in [6, 6.07) is 4.13. The Bertz CT molecular complexity index is 392. The summed E-state index contributed by atoms with van der Waals surface area (Å²) in [5.41, 5.74) is 2.08. The summed E-state index contributed by atoms with van der Waals surface area (Å²) in [7, 11) is 0. The van der Waals surface area contributed by atoms with Crippen molar-refractivity contribution in [2.45, 2.75) is 6.92 Å². The molecule has 2 heterocycles. The van der Waals surface area contributed by atoms with Crippen molar-refractivity contribution in [1.29, 1.82) is 0 Å².